The molecular weight excluding hydrogens is 215 g/mol. The highest BCUT2D eigenvalue weighted by Gasteiger charge is 2.00. The number of nitrogens with zero attached hydrogens (tertiary/aromatic N) is 2. The Balaban J connectivity index is 2.04. The van der Waals surface area contributed by atoms with Crippen LogP contribution in [-0.2, 0) is 6.54 Å². The molecule has 0 fully saturated rings. The monoisotopic (exact) mass is 228 g/mol. The van der Waals surface area contributed by atoms with Crippen LogP contribution in [0, 0.1) is 0 Å². The first kappa shape index (κ1) is 11.6. The highest BCUT2D eigenvalue weighted by molar-refractivity contribution is 6.48. The maximum atomic E-state index is 8.70. The van der Waals surface area contributed by atoms with Crippen molar-refractivity contribution in [3.05, 3.63) is 59.8 Å². The van der Waals surface area contributed by atoms with Gasteiger partial charge in [-0.25, -0.2) is 0 Å². The van der Waals surface area contributed by atoms with Gasteiger partial charge in [0.15, 0.2) is 0 Å². The van der Waals surface area contributed by atoms with E-state index in [4.69, 9.17) is 10.0 Å². The smallest absolute Gasteiger partial charge is 0.424 e. The van der Waals surface area contributed by atoms with Crippen LogP contribution in [0.25, 0.3) is 6.08 Å². The van der Waals surface area contributed by atoms with Crippen molar-refractivity contribution < 1.29 is 10.0 Å². The Bertz CT molecular complexity index is 494. The molecule has 5 heteroatoms. The van der Waals surface area contributed by atoms with E-state index in [1.54, 1.807) is 17.0 Å². The summed E-state index contributed by atoms with van der Waals surface area (Å²) < 4.78 is 1.80. The Morgan fingerprint density at radius 2 is 2.00 bits per heavy atom. The molecule has 2 N–H and O–H groups in total. The summed E-state index contributed by atoms with van der Waals surface area (Å²) in [6.45, 7) is 0.705. The Kier molecular flexibility index (Phi) is 3.75. The van der Waals surface area contributed by atoms with Gasteiger partial charge in [0.05, 0.1) is 12.7 Å². The fourth-order valence-corrected chi connectivity index (χ4v) is 1.52. The molecule has 86 valence electrons. The van der Waals surface area contributed by atoms with Crippen molar-refractivity contribution in [2.24, 2.45) is 0 Å². The van der Waals surface area contributed by atoms with Crippen LogP contribution in [0.5, 0.6) is 0 Å². The molecule has 0 aliphatic rings. The second kappa shape index (κ2) is 5.47. The Morgan fingerprint density at radius 3 is 2.71 bits per heavy atom. The van der Waals surface area contributed by atoms with Crippen molar-refractivity contribution in [1.82, 2.24) is 9.78 Å². The lowest BCUT2D eigenvalue weighted by Gasteiger charge is -2.00. The van der Waals surface area contributed by atoms with Crippen LogP contribution in [0.4, 0.5) is 0 Å². The van der Waals surface area contributed by atoms with Crippen LogP contribution in [0.15, 0.2) is 48.7 Å². The van der Waals surface area contributed by atoms with E-state index in [1.165, 1.54) is 11.5 Å². The van der Waals surface area contributed by atoms with Crippen LogP contribution in [0.1, 0.15) is 11.1 Å². The molecule has 0 unspecified atom stereocenters. The van der Waals surface area contributed by atoms with Crippen LogP contribution >= 0.6 is 0 Å². The fraction of sp³-hybridized carbons (Fsp3) is 0.0833. The molecule has 1 heterocycles. The third-order valence-electron chi connectivity index (χ3n) is 2.30. The third-order valence-corrected chi connectivity index (χ3v) is 2.30. The molecule has 0 aliphatic carbocycles. The summed E-state index contributed by atoms with van der Waals surface area (Å²) in [6.07, 6.45) is 5.16. The summed E-state index contributed by atoms with van der Waals surface area (Å²) in [5.74, 6) is 1.30. The number of rotatable bonds is 4. The zero-order chi connectivity index (χ0) is 12.1. The molecule has 4 nitrogen and oxygen atoms in total. The second-order valence-electron chi connectivity index (χ2n) is 3.73. The average Bonchev–Trinajstić information content (AvgIpc) is 2.75. The SMILES string of the molecule is OB(O)/C=C/c1cnn(Cc2ccccc2)c1. The summed E-state index contributed by atoms with van der Waals surface area (Å²) in [6, 6.07) is 10.0. The molecule has 2 rings (SSSR count). The van der Waals surface area contributed by atoms with Crippen LogP contribution in [0.2, 0.25) is 0 Å². The van der Waals surface area contributed by atoms with E-state index in [0.717, 1.165) is 5.56 Å². The van der Waals surface area contributed by atoms with Crippen molar-refractivity contribution >= 4 is 13.2 Å². The van der Waals surface area contributed by atoms with Gasteiger partial charge in [-0.05, 0) is 5.56 Å². The fourth-order valence-electron chi connectivity index (χ4n) is 1.52. The maximum Gasteiger partial charge on any atom is 0.480 e. The van der Waals surface area contributed by atoms with Crippen molar-refractivity contribution in [1.29, 1.82) is 0 Å². The van der Waals surface area contributed by atoms with E-state index >= 15 is 0 Å². The molecule has 1 aromatic heterocycles. The summed E-state index contributed by atoms with van der Waals surface area (Å²) in [5, 5.41) is 21.6. The van der Waals surface area contributed by atoms with E-state index in [-0.39, 0.29) is 0 Å². The van der Waals surface area contributed by atoms with Gasteiger partial charge in [-0.3, -0.25) is 4.68 Å². The minimum atomic E-state index is -1.42. The third kappa shape index (κ3) is 3.58. The van der Waals surface area contributed by atoms with Crippen molar-refractivity contribution in [3.63, 3.8) is 0 Å². The number of hydrogen-bond acceptors (Lipinski definition) is 3. The molecule has 0 aliphatic heterocycles. The molecule has 0 atom stereocenters. The van der Waals surface area contributed by atoms with Crippen LogP contribution in [0.3, 0.4) is 0 Å². The zero-order valence-corrected chi connectivity index (χ0v) is 9.27. The van der Waals surface area contributed by atoms with Gasteiger partial charge in [0.25, 0.3) is 0 Å². The van der Waals surface area contributed by atoms with Gasteiger partial charge in [0.1, 0.15) is 0 Å². The first-order valence-corrected chi connectivity index (χ1v) is 5.35. The Labute approximate surface area is 100.0 Å². The van der Waals surface area contributed by atoms with Gasteiger partial charge in [-0.15, -0.1) is 0 Å². The van der Waals surface area contributed by atoms with Gasteiger partial charge in [0.2, 0.25) is 0 Å². The number of aromatic nitrogens is 2. The summed E-state index contributed by atoms with van der Waals surface area (Å²) in [5.41, 5.74) is 2.02. The lowest BCUT2D eigenvalue weighted by Crippen LogP contribution is -2.05. The molecule has 0 saturated carbocycles. The van der Waals surface area contributed by atoms with E-state index in [0.29, 0.717) is 6.54 Å². The molecule has 0 radical (unpaired) electrons. The molecule has 2 aromatic rings. The second-order valence-corrected chi connectivity index (χ2v) is 3.73. The standard InChI is InChI=1S/C12H13BN2O2/c16-13(17)7-6-12-8-14-15(10-12)9-11-4-2-1-3-5-11/h1-8,10,16-17H,9H2/b7-6+. The van der Waals surface area contributed by atoms with Gasteiger partial charge in [-0.1, -0.05) is 42.4 Å². The number of benzene rings is 1. The Hall–Kier alpha value is -1.85. The highest BCUT2D eigenvalue weighted by atomic mass is 16.4. The molecule has 0 saturated heterocycles. The lowest BCUT2D eigenvalue weighted by molar-refractivity contribution is 0.424. The van der Waals surface area contributed by atoms with Crippen molar-refractivity contribution in [3.8, 4) is 0 Å². The maximum absolute atomic E-state index is 8.70. The Morgan fingerprint density at radius 1 is 1.24 bits per heavy atom. The summed E-state index contributed by atoms with van der Waals surface area (Å²) in [7, 11) is -1.42. The molecule has 1 aromatic carbocycles. The molecule has 17 heavy (non-hydrogen) atoms. The predicted molar refractivity (Wildman–Crippen MR) is 67.0 cm³/mol. The van der Waals surface area contributed by atoms with Gasteiger partial charge < -0.3 is 10.0 Å². The largest absolute Gasteiger partial charge is 0.480 e. The highest BCUT2D eigenvalue weighted by Crippen LogP contribution is 2.05. The first-order chi connectivity index (χ1) is 8.24. The topological polar surface area (TPSA) is 58.3 Å². The molecule has 0 spiro atoms. The molecule has 0 bridgehead atoms. The van der Waals surface area contributed by atoms with Gasteiger partial charge >= 0.3 is 7.12 Å². The van der Waals surface area contributed by atoms with E-state index in [2.05, 4.69) is 5.10 Å². The normalized spacial score (nSPS) is 10.9. The zero-order valence-electron chi connectivity index (χ0n) is 9.27. The van der Waals surface area contributed by atoms with E-state index in [9.17, 15) is 0 Å². The van der Waals surface area contributed by atoms with E-state index in [1.807, 2.05) is 36.5 Å². The van der Waals surface area contributed by atoms with Crippen LogP contribution in [-0.4, -0.2) is 26.9 Å². The van der Waals surface area contributed by atoms with E-state index < -0.39 is 7.12 Å². The minimum absolute atomic E-state index is 0.705. The average molecular weight is 228 g/mol. The van der Waals surface area contributed by atoms with Gasteiger partial charge in [0, 0.05) is 11.8 Å². The first-order valence-electron chi connectivity index (χ1n) is 5.35. The van der Waals surface area contributed by atoms with Crippen LogP contribution < -0.4 is 0 Å². The molecular formula is C12H13BN2O2. The van der Waals surface area contributed by atoms with Crippen molar-refractivity contribution in [2.75, 3.05) is 0 Å². The summed E-state index contributed by atoms with van der Waals surface area (Å²) in [4.78, 5) is 0. The number of hydrogen-bond donors (Lipinski definition) is 2. The quantitative estimate of drug-likeness (QED) is 0.766. The summed E-state index contributed by atoms with van der Waals surface area (Å²) >= 11 is 0. The molecule has 0 amide bonds. The lowest BCUT2D eigenvalue weighted by atomic mass is 9.91. The predicted octanol–water partition coefficient (Wildman–Crippen LogP) is 0.957. The van der Waals surface area contributed by atoms with Gasteiger partial charge in [-0.2, -0.15) is 5.10 Å². The van der Waals surface area contributed by atoms with Crippen molar-refractivity contribution in [2.45, 2.75) is 6.54 Å². The minimum Gasteiger partial charge on any atom is -0.424 e.